The zero-order chi connectivity index (χ0) is 10.4. The van der Waals surface area contributed by atoms with E-state index in [0.29, 0.717) is 18.8 Å². The Balaban J connectivity index is 2.70. The summed E-state index contributed by atoms with van der Waals surface area (Å²) in [5.41, 5.74) is 2.90. The fraction of sp³-hybridized carbons (Fsp3) is 0.250. The molecule has 0 unspecified atom stereocenters. The van der Waals surface area contributed by atoms with Gasteiger partial charge in [-0.1, -0.05) is 12.1 Å². The Labute approximate surface area is 84.4 Å². The molecule has 0 fully saturated rings. The third-order valence-corrected chi connectivity index (χ3v) is 1.96. The predicted octanol–water partition coefficient (Wildman–Crippen LogP) is 2.57. The first-order valence-corrected chi connectivity index (χ1v) is 4.46. The lowest BCUT2D eigenvalue weighted by molar-refractivity contribution is 0.148. The smallest absolute Gasteiger partial charge is 0.0991 e. The zero-order valence-corrected chi connectivity index (χ0v) is 8.29. The Morgan fingerprint density at radius 1 is 1.57 bits per heavy atom. The third-order valence-electron chi connectivity index (χ3n) is 1.96. The van der Waals surface area contributed by atoms with E-state index >= 15 is 0 Å². The molecule has 14 heavy (non-hydrogen) atoms. The quantitative estimate of drug-likeness (QED) is 0.536. The summed E-state index contributed by atoms with van der Waals surface area (Å²) in [5.74, 6) is 0. The number of hydrogen-bond acceptors (Lipinski definition) is 2. The van der Waals surface area contributed by atoms with Gasteiger partial charge in [0.05, 0.1) is 24.8 Å². The van der Waals surface area contributed by atoms with Crippen LogP contribution in [0.1, 0.15) is 16.7 Å². The monoisotopic (exact) mass is 187 g/mol. The molecule has 0 saturated carbocycles. The summed E-state index contributed by atoms with van der Waals surface area (Å²) in [7, 11) is 0. The van der Waals surface area contributed by atoms with Gasteiger partial charge >= 0.3 is 0 Å². The molecule has 0 saturated heterocycles. The minimum atomic E-state index is 0.555. The molecule has 0 aliphatic carbocycles. The standard InChI is InChI=1S/C12H13NO/c1-3-6-14-9-12-5-4-11(8-13)7-10(12)2/h3-5,7H,1,6,9H2,2H3. The summed E-state index contributed by atoms with van der Waals surface area (Å²) < 4.78 is 5.32. The summed E-state index contributed by atoms with van der Waals surface area (Å²) in [6.07, 6.45) is 1.72. The second kappa shape index (κ2) is 5.21. The van der Waals surface area contributed by atoms with E-state index in [2.05, 4.69) is 12.6 Å². The molecule has 1 aromatic carbocycles. The third kappa shape index (κ3) is 2.72. The van der Waals surface area contributed by atoms with Crippen molar-refractivity contribution in [1.82, 2.24) is 0 Å². The first kappa shape index (κ1) is 10.5. The van der Waals surface area contributed by atoms with Gasteiger partial charge in [-0.2, -0.15) is 5.26 Å². The highest BCUT2D eigenvalue weighted by atomic mass is 16.5. The molecule has 1 aromatic rings. The molecular formula is C12H13NO. The highest BCUT2D eigenvalue weighted by Crippen LogP contribution is 2.11. The van der Waals surface area contributed by atoms with Crippen LogP contribution in [0.25, 0.3) is 0 Å². The maximum Gasteiger partial charge on any atom is 0.0991 e. The zero-order valence-electron chi connectivity index (χ0n) is 8.29. The molecule has 0 radical (unpaired) electrons. The largest absolute Gasteiger partial charge is 0.373 e. The second-order valence-electron chi connectivity index (χ2n) is 3.06. The molecule has 0 aliphatic rings. The number of ether oxygens (including phenoxy) is 1. The second-order valence-corrected chi connectivity index (χ2v) is 3.06. The molecule has 2 nitrogen and oxygen atoms in total. The van der Waals surface area contributed by atoms with Crippen LogP contribution in [0.4, 0.5) is 0 Å². The van der Waals surface area contributed by atoms with E-state index in [1.165, 1.54) is 0 Å². The van der Waals surface area contributed by atoms with Crippen molar-refractivity contribution in [3.8, 4) is 6.07 Å². The lowest BCUT2D eigenvalue weighted by Crippen LogP contribution is -1.95. The Hall–Kier alpha value is -1.59. The van der Waals surface area contributed by atoms with E-state index in [-0.39, 0.29) is 0 Å². The number of aryl methyl sites for hydroxylation is 1. The molecule has 0 spiro atoms. The Bertz CT molecular complexity index is 363. The van der Waals surface area contributed by atoms with E-state index in [0.717, 1.165) is 11.1 Å². The van der Waals surface area contributed by atoms with Gasteiger partial charge in [0.25, 0.3) is 0 Å². The molecule has 0 aromatic heterocycles. The van der Waals surface area contributed by atoms with Crippen LogP contribution in [0, 0.1) is 18.3 Å². The molecule has 0 bridgehead atoms. The van der Waals surface area contributed by atoms with Crippen molar-refractivity contribution in [3.63, 3.8) is 0 Å². The number of nitriles is 1. The fourth-order valence-electron chi connectivity index (χ4n) is 1.18. The van der Waals surface area contributed by atoms with Gasteiger partial charge in [0.2, 0.25) is 0 Å². The molecule has 0 atom stereocenters. The Morgan fingerprint density at radius 2 is 2.36 bits per heavy atom. The first-order valence-electron chi connectivity index (χ1n) is 4.46. The minimum Gasteiger partial charge on any atom is -0.373 e. The normalized spacial score (nSPS) is 9.43. The van der Waals surface area contributed by atoms with Crippen molar-refractivity contribution in [2.75, 3.05) is 6.61 Å². The molecule has 0 aliphatic heterocycles. The van der Waals surface area contributed by atoms with E-state index in [4.69, 9.17) is 10.00 Å². The fourth-order valence-corrected chi connectivity index (χ4v) is 1.18. The van der Waals surface area contributed by atoms with Crippen molar-refractivity contribution < 1.29 is 4.74 Å². The lowest BCUT2D eigenvalue weighted by atomic mass is 10.1. The first-order chi connectivity index (χ1) is 6.77. The Morgan fingerprint density at radius 3 is 2.93 bits per heavy atom. The summed E-state index contributed by atoms with van der Waals surface area (Å²) in [6.45, 7) is 6.68. The van der Waals surface area contributed by atoms with Crippen molar-refractivity contribution in [2.45, 2.75) is 13.5 Å². The number of nitrogens with zero attached hydrogens (tertiary/aromatic N) is 1. The SMILES string of the molecule is C=CCOCc1ccc(C#N)cc1C. The number of rotatable bonds is 4. The van der Waals surface area contributed by atoms with Crippen LogP contribution in [-0.4, -0.2) is 6.61 Å². The van der Waals surface area contributed by atoms with Crippen molar-refractivity contribution in [3.05, 3.63) is 47.5 Å². The van der Waals surface area contributed by atoms with Crippen LogP contribution in [-0.2, 0) is 11.3 Å². The van der Waals surface area contributed by atoms with Crippen molar-refractivity contribution in [2.24, 2.45) is 0 Å². The highest BCUT2D eigenvalue weighted by Gasteiger charge is 1.99. The molecule has 0 heterocycles. The van der Waals surface area contributed by atoms with Crippen molar-refractivity contribution in [1.29, 1.82) is 5.26 Å². The van der Waals surface area contributed by atoms with Crippen LogP contribution >= 0.6 is 0 Å². The van der Waals surface area contributed by atoms with Gasteiger partial charge < -0.3 is 4.74 Å². The van der Waals surface area contributed by atoms with E-state index in [1.807, 2.05) is 19.1 Å². The van der Waals surface area contributed by atoms with Gasteiger partial charge in [-0.05, 0) is 30.2 Å². The topological polar surface area (TPSA) is 33.0 Å². The van der Waals surface area contributed by atoms with E-state index in [1.54, 1.807) is 12.1 Å². The van der Waals surface area contributed by atoms with Crippen molar-refractivity contribution >= 4 is 0 Å². The maximum atomic E-state index is 8.67. The summed E-state index contributed by atoms with van der Waals surface area (Å²) in [5, 5.41) is 8.67. The van der Waals surface area contributed by atoms with Gasteiger partial charge in [-0.3, -0.25) is 0 Å². The lowest BCUT2D eigenvalue weighted by Gasteiger charge is -2.05. The molecule has 72 valence electrons. The molecule has 0 N–H and O–H groups in total. The van der Waals surface area contributed by atoms with Crippen LogP contribution < -0.4 is 0 Å². The predicted molar refractivity (Wildman–Crippen MR) is 55.7 cm³/mol. The number of hydrogen-bond donors (Lipinski definition) is 0. The van der Waals surface area contributed by atoms with Gasteiger partial charge in [-0.15, -0.1) is 6.58 Å². The summed E-state index contributed by atoms with van der Waals surface area (Å²) in [4.78, 5) is 0. The van der Waals surface area contributed by atoms with Crippen LogP contribution in [0.15, 0.2) is 30.9 Å². The molecule has 2 heteroatoms. The Kier molecular flexibility index (Phi) is 3.90. The van der Waals surface area contributed by atoms with Gasteiger partial charge in [0.15, 0.2) is 0 Å². The van der Waals surface area contributed by atoms with Gasteiger partial charge in [0.1, 0.15) is 0 Å². The van der Waals surface area contributed by atoms with Crippen LogP contribution in [0.5, 0.6) is 0 Å². The van der Waals surface area contributed by atoms with Gasteiger partial charge in [0, 0.05) is 0 Å². The highest BCUT2D eigenvalue weighted by molar-refractivity contribution is 5.37. The van der Waals surface area contributed by atoms with Crippen LogP contribution in [0.3, 0.4) is 0 Å². The number of benzene rings is 1. The molecule has 0 amide bonds. The average molecular weight is 187 g/mol. The summed E-state index contributed by atoms with van der Waals surface area (Å²) >= 11 is 0. The van der Waals surface area contributed by atoms with E-state index < -0.39 is 0 Å². The van der Waals surface area contributed by atoms with Gasteiger partial charge in [-0.25, -0.2) is 0 Å². The summed E-state index contributed by atoms with van der Waals surface area (Å²) in [6, 6.07) is 7.71. The van der Waals surface area contributed by atoms with Crippen LogP contribution in [0.2, 0.25) is 0 Å². The molecule has 1 rings (SSSR count). The minimum absolute atomic E-state index is 0.555. The maximum absolute atomic E-state index is 8.67. The molecular weight excluding hydrogens is 174 g/mol. The average Bonchev–Trinajstić information content (AvgIpc) is 2.20. The van der Waals surface area contributed by atoms with E-state index in [9.17, 15) is 0 Å².